The molecule has 1 heterocycles. The Morgan fingerprint density at radius 1 is 1.80 bits per heavy atom. The maximum atomic E-state index is 8.39. The molecule has 0 aromatic carbocycles. The van der Waals surface area contributed by atoms with Gasteiger partial charge in [-0.15, -0.1) is 0 Å². The van der Waals surface area contributed by atoms with E-state index in [-0.39, 0.29) is 0 Å². The van der Waals surface area contributed by atoms with Crippen molar-refractivity contribution in [3.8, 4) is 6.19 Å². The summed E-state index contributed by atoms with van der Waals surface area (Å²) in [5.74, 6) is 1.15. The summed E-state index contributed by atoms with van der Waals surface area (Å²) >= 11 is 1.42. The summed E-state index contributed by atoms with van der Waals surface area (Å²) in [5.41, 5.74) is 2.03. The minimum Gasteiger partial charge on any atom is -0.348 e. The van der Waals surface area contributed by atoms with Crippen LogP contribution in [0.1, 0.15) is 11.4 Å². The fourth-order valence-electron chi connectivity index (χ4n) is 0.885. The van der Waals surface area contributed by atoms with Crippen LogP contribution in [0.25, 0.3) is 0 Å². The van der Waals surface area contributed by atoms with Crippen LogP contribution >= 0.6 is 11.9 Å². The molecule has 0 spiro atoms. The topological polar surface area (TPSA) is 88.9 Å². The van der Waals surface area contributed by atoms with E-state index in [9.17, 15) is 0 Å². The van der Waals surface area contributed by atoms with Crippen LogP contribution in [0.3, 0.4) is 0 Å². The molecule has 0 amide bonds. The standard InChI is InChI=1S/C8H12N6S/c1-6-7(13-5-12-6)3-15-14-8(10-2)11-4-9/h5H,3H2,1-2H3,(H,12,13)(H2,10,11,14). The number of aryl methyl sites for hydroxylation is 1. The molecule has 0 fully saturated rings. The molecular weight excluding hydrogens is 212 g/mol. The number of rotatable bonds is 3. The van der Waals surface area contributed by atoms with Gasteiger partial charge in [-0.2, -0.15) is 5.26 Å². The largest absolute Gasteiger partial charge is 0.348 e. The van der Waals surface area contributed by atoms with Gasteiger partial charge in [-0.25, -0.2) is 4.98 Å². The van der Waals surface area contributed by atoms with E-state index in [0.29, 0.717) is 11.7 Å². The SMILES string of the molecule is CN=C(NC#N)NSCc1nc[nH]c1C. The Hall–Kier alpha value is -1.68. The number of aromatic amines is 1. The van der Waals surface area contributed by atoms with Gasteiger partial charge in [0.05, 0.1) is 17.8 Å². The maximum absolute atomic E-state index is 8.39. The molecule has 0 unspecified atom stereocenters. The molecule has 0 saturated heterocycles. The van der Waals surface area contributed by atoms with Crippen molar-refractivity contribution in [2.45, 2.75) is 12.7 Å². The summed E-state index contributed by atoms with van der Waals surface area (Å²) in [4.78, 5) is 11.0. The van der Waals surface area contributed by atoms with Gasteiger partial charge in [-0.1, -0.05) is 0 Å². The van der Waals surface area contributed by atoms with Crippen LogP contribution in [0.4, 0.5) is 0 Å². The smallest absolute Gasteiger partial charge is 0.214 e. The summed E-state index contributed by atoms with van der Waals surface area (Å²) in [6.45, 7) is 1.96. The highest BCUT2D eigenvalue weighted by Gasteiger charge is 2.01. The molecule has 1 aromatic rings. The lowest BCUT2D eigenvalue weighted by Crippen LogP contribution is -2.29. The minimum atomic E-state index is 0.440. The molecule has 7 heteroatoms. The number of hydrogen-bond acceptors (Lipinski definition) is 4. The lowest BCUT2D eigenvalue weighted by atomic mass is 10.4. The number of aliphatic imine (C=N–C) groups is 1. The van der Waals surface area contributed by atoms with Crippen molar-refractivity contribution in [2.75, 3.05) is 7.05 Å². The van der Waals surface area contributed by atoms with E-state index in [1.54, 1.807) is 19.6 Å². The van der Waals surface area contributed by atoms with Crippen LogP contribution < -0.4 is 10.0 Å². The zero-order chi connectivity index (χ0) is 11.1. The molecule has 0 bridgehead atoms. The first-order valence-electron chi connectivity index (χ1n) is 4.26. The zero-order valence-electron chi connectivity index (χ0n) is 8.53. The number of nitriles is 1. The fraction of sp³-hybridized carbons (Fsp3) is 0.375. The van der Waals surface area contributed by atoms with E-state index in [2.05, 4.69) is 25.0 Å². The average molecular weight is 224 g/mol. The Morgan fingerprint density at radius 2 is 2.60 bits per heavy atom. The van der Waals surface area contributed by atoms with E-state index >= 15 is 0 Å². The zero-order valence-corrected chi connectivity index (χ0v) is 9.35. The predicted molar refractivity (Wildman–Crippen MR) is 59.9 cm³/mol. The Morgan fingerprint density at radius 3 is 3.13 bits per heavy atom. The van der Waals surface area contributed by atoms with Gasteiger partial charge in [0.2, 0.25) is 5.96 Å². The average Bonchev–Trinajstić information content (AvgIpc) is 2.63. The number of guanidine groups is 1. The summed E-state index contributed by atoms with van der Waals surface area (Å²) in [7, 11) is 1.60. The predicted octanol–water partition coefficient (Wildman–Crippen LogP) is 0.512. The van der Waals surface area contributed by atoms with Gasteiger partial charge >= 0.3 is 0 Å². The van der Waals surface area contributed by atoms with Gasteiger partial charge in [0.1, 0.15) is 0 Å². The molecule has 15 heavy (non-hydrogen) atoms. The first kappa shape index (κ1) is 11.4. The second kappa shape index (κ2) is 5.93. The van der Waals surface area contributed by atoms with Crippen LogP contribution in [0.2, 0.25) is 0 Å². The third-order valence-corrected chi connectivity index (χ3v) is 2.47. The molecule has 0 saturated carbocycles. The van der Waals surface area contributed by atoms with Crippen LogP contribution in [0.15, 0.2) is 11.3 Å². The van der Waals surface area contributed by atoms with Gasteiger partial charge in [0.25, 0.3) is 0 Å². The molecular formula is C8H12N6S. The number of H-pyrrole nitrogens is 1. The van der Waals surface area contributed by atoms with Crippen LogP contribution in [0.5, 0.6) is 0 Å². The van der Waals surface area contributed by atoms with Gasteiger partial charge in [0.15, 0.2) is 6.19 Å². The summed E-state index contributed by atoms with van der Waals surface area (Å²) in [5, 5.41) is 10.8. The van der Waals surface area contributed by atoms with Crippen molar-refractivity contribution in [3.63, 3.8) is 0 Å². The molecule has 3 N–H and O–H groups in total. The Kier molecular flexibility index (Phi) is 4.50. The Bertz CT molecular complexity index is 377. The van der Waals surface area contributed by atoms with Crippen molar-refractivity contribution in [2.24, 2.45) is 4.99 Å². The first-order valence-corrected chi connectivity index (χ1v) is 5.25. The highest BCUT2D eigenvalue weighted by atomic mass is 32.2. The van der Waals surface area contributed by atoms with Crippen LogP contribution in [-0.2, 0) is 5.75 Å². The molecule has 6 nitrogen and oxygen atoms in total. The van der Waals surface area contributed by atoms with Crippen molar-refractivity contribution in [1.29, 1.82) is 5.26 Å². The monoisotopic (exact) mass is 224 g/mol. The van der Waals surface area contributed by atoms with Crippen molar-refractivity contribution in [1.82, 2.24) is 20.0 Å². The van der Waals surface area contributed by atoms with Gasteiger partial charge in [-0.3, -0.25) is 15.0 Å². The Balaban J connectivity index is 2.34. The van der Waals surface area contributed by atoms with E-state index < -0.39 is 0 Å². The van der Waals surface area contributed by atoms with E-state index in [0.717, 1.165) is 11.4 Å². The highest BCUT2D eigenvalue weighted by molar-refractivity contribution is 7.97. The highest BCUT2D eigenvalue weighted by Crippen LogP contribution is 2.08. The summed E-state index contributed by atoms with van der Waals surface area (Å²) in [6.07, 6.45) is 3.46. The number of imidazole rings is 1. The normalized spacial score (nSPS) is 10.9. The summed E-state index contributed by atoms with van der Waals surface area (Å²) in [6, 6.07) is 0. The molecule has 0 atom stereocenters. The quantitative estimate of drug-likeness (QED) is 0.229. The molecule has 1 rings (SSSR count). The van der Waals surface area contributed by atoms with Crippen molar-refractivity contribution in [3.05, 3.63) is 17.7 Å². The molecule has 1 aromatic heterocycles. The van der Waals surface area contributed by atoms with Crippen LogP contribution in [-0.4, -0.2) is 23.0 Å². The van der Waals surface area contributed by atoms with Gasteiger partial charge in [-0.05, 0) is 18.9 Å². The molecule has 0 aliphatic carbocycles. The van der Waals surface area contributed by atoms with Gasteiger partial charge < -0.3 is 4.98 Å². The number of nitrogens with zero attached hydrogens (tertiary/aromatic N) is 3. The van der Waals surface area contributed by atoms with E-state index in [1.807, 2.05) is 6.92 Å². The minimum absolute atomic E-state index is 0.440. The molecule has 0 radical (unpaired) electrons. The molecule has 80 valence electrons. The molecule has 0 aliphatic rings. The third-order valence-electron chi connectivity index (χ3n) is 1.71. The summed E-state index contributed by atoms with van der Waals surface area (Å²) < 4.78 is 2.92. The lowest BCUT2D eigenvalue weighted by molar-refractivity contribution is 1.15. The fourth-order valence-corrected chi connectivity index (χ4v) is 1.66. The van der Waals surface area contributed by atoms with E-state index in [4.69, 9.17) is 5.26 Å². The second-order valence-corrected chi connectivity index (χ2v) is 3.46. The van der Waals surface area contributed by atoms with Crippen molar-refractivity contribution >= 4 is 17.9 Å². The maximum Gasteiger partial charge on any atom is 0.214 e. The Labute approximate surface area is 92.3 Å². The lowest BCUT2D eigenvalue weighted by Gasteiger charge is -2.04. The van der Waals surface area contributed by atoms with Gasteiger partial charge in [0, 0.05) is 12.7 Å². The number of aromatic nitrogens is 2. The third kappa shape index (κ3) is 3.52. The van der Waals surface area contributed by atoms with E-state index in [1.165, 1.54) is 11.9 Å². The van der Waals surface area contributed by atoms with Crippen LogP contribution in [0, 0.1) is 18.4 Å². The first-order chi connectivity index (χ1) is 7.27. The molecule has 0 aliphatic heterocycles. The second-order valence-electron chi connectivity index (χ2n) is 2.67. The van der Waals surface area contributed by atoms with Crippen molar-refractivity contribution < 1.29 is 0 Å². The number of nitrogens with one attached hydrogen (secondary N) is 3. The number of hydrogen-bond donors (Lipinski definition) is 3.